The van der Waals surface area contributed by atoms with Gasteiger partial charge in [0, 0.05) is 37.8 Å². The van der Waals surface area contributed by atoms with Crippen molar-refractivity contribution in [2.24, 2.45) is 11.8 Å². The Labute approximate surface area is 170 Å². The monoisotopic (exact) mass is 396 g/mol. The number of carbonyl (C=O) groups excluding carboxylic acids is 2. The Hall–Kier alpha value is -2.57. The first kappa shape index (κ1) is 18.5. The zero-order chi connectivity index (χ0) is 20.1. The molecule has 3 fully saturated rings. The molecule has 3 atom stereocenters. The van der Waals surface area contributed by atoms with E-state index in [1.807, 2.05) is 35.6 Å². The minimum absolute atomic E-state index is 0.0325. The van der Waals surface area contributed by atoms with Crippen molar-refractivity contribution in [1.82, 2.24) is 19.6 Å². The summed E-state index contributed by atoms with van der Waals surface area (Å²) in [5.74, 6) is 2.17. The van der Waals surface area contributed by atoms with Crippen molar-refractivity contribution < 1.29 is 14.0 Å². The van der Waals surface area contributed by atoms with E-state index in [2.05, 4.69) is 10.00 Å². The summed E-state index contributed by atoms with van der Waals surface area (Å²) >= 11 is 0. The number of nitrogens with zero attached hydrogens (tertiary/aromatic N) is 4. The van der Waals surface area contributed by atoms with E-state index in [9.17, 15) is 9.59 Å². The lowest BCUT2D eigenvalue weighted by molar-refractivity contribution is -0.144. The molecule has 154 valence electrons. The number of rotatable bonds is 3. The van der Waals surface area contributed by atoms with E-state index < -0.39 is 0 Å². The van der Waals surface area contributed by atoms with Crippen molar-refractivity contribution in [3.8, 4) is 0 Å². The summed E-state index contributed by atoms with van der Waals surface area (Å²) in [4.78, 5) is 29.5. The van der Waals surface area contributed by atoms with Crippen LogP contribution >= 0.6 is 0 Å². The maximum atomic E-state index is 13.1. The van der Waals surface area contributed by atoms with Crippen molar-refractivity contribution in [3.63, 3.8) is 0 Å². The molecule has 0 spiro atoms. The van der Waals surface area contributed by atoms with Gasteiger partial charge in [0.05, 0.1) is 12.2 Å². The van der Waals surface area contributed by atoms with E-state index in [-0.39, 0.29) is 5.91 Å². The lowest BCUT2D eigenvalue weighted by Gasteiger charge is -2.52. The summed E-state index contributed by atoms with van der Waals surface area (Å²) < 4.78 is 7.79. The molecule has 29 heavy (non-hydrogen) atoms. The van der Waals surface area contributed by atoms with Gasteiger partial charge < -0.3 is 14.2 Å². The zero-order valence-electron chi connectivity index (χ0n) is 17.1. The number of fused-ring (bicyclic) bond motifs is 4. The van der Waals surface area contributed by atoms with Gasteiger partial charge in [0.2, 0.25) is 5.91 Å². The van der Waals surface area contributed by atoms with E-state index in [0.717, 1.165) is 49.5 Å². The molecule has 7 heteroatoms. The van der Waals surface area contributed by atoms with E-state index in [0.29, 0.717) is 49.1 Å². The summed E-state index contributed by atoms with van der Waals surface area (Å²) in [6.45, 7) is 6.73. The van der Waals surface area contributed by atoms with E-state index in [4.69, 9.17) is 4.42 Å². The number of aromatic nitrogens is 2. The van der Waals surface area contributed by atoms with Crippen LogP contribution in [0.4, 0.5) is 0 Å². The van der Waals surface area contributed by atoms with Crippen molar-refractivity contribution in [1.29, 1.82) is 0 Å². The molecule has 5 rings (SSSR count). The van der Waals surface area contributed by atoms with Crippen LogP contribution in [-0.4, -0.2) is 57.1 Å². The summed E-state index contributed by atoms with van der Waals surface area (Å²) in [7, 11) is 0. The second-order valence-corrected chi connectivity index (χ2v) is 8.93. The van der Waals surface area contributed by atoms with E-state index in [1.54, 1.807) is 6.07 Å². The van der Waals surface area contributed by atoms with Gasteiger partial charge in [-0.1, -0.05) is 0 Å². The zero-order valence-corrected chi connectivity index (χ0v) is 17.1. The van der Waals surface area contributed by atoms with Crippen LogP contribution in [0.25, 0.3) is 0 Å². The predicted octanol–water partition coefficient (Wildman–Crippen LogP) is 2.61. The first-order valence-corrected chi connectivity index (χ1v) is 10.7. The van der Waals surface area contributed by atoms with Crippen molar-refractivity contribution in [3.05, 3.63) is 41.1 Å². The topological polar surface area (TPSA) is 71.6 Å². The van der Waals surface area contributed by atoms with Crippen LogP contribution in [0.2, 0.25) is 0 Å². The van der Waals surface area contributed by atoms with Crippen LogP contribution in [0.15, 0.2) is 22.6 Å². The molecule has 2 amide bonds. The molecule has 2 aromatic rings. The molecule has 7 nitrogen and oxygen atoms in total. The lowest BCUT2D eigenvalue weighted by atomic mass is 9.76. The molecule has 0 N–H and O–H groups in total. The van der Waals surface area contributed by atoms with Crippen LogP contribution in [0, 0.1) is 25.7 Å². The predicted molar refractivity (Wildman–Crippen MR) is 106 cm³/mol. The average molecular weight is 396 g/mol. The van der Waals surface area contributed by atoms with Crippen molar-refractivity contribution in [2.45, 2.75) is 52.1 Å². The molecular weight excluding hydrogens is 368 g/mol. The van der Waals surface area contributed by atoms with Gasteiger partial charge in [-0.2, -0.15) is 5.10 Å². The Balaban J connectivity index is 1.29. The fourth-order valence-electron chi connectivity index (χ4n) is 5.49. The minimum Gasteiger partial charge on any atom is -0.454 e. The van der Waals surface area contributed by atoms with Gasteiger partial charge in [0.1, 0.15) is 5.76 Å². The molecule has 3 saturated heterocycles. The first-order chi connectivity index (χ1) is 14.0. The average Bonchev–Trinajstić information content (AvgIpc) is 3.28. The Morgan fingerprint density at radius 2 is 2.10 bits per heavy atom. The molecule has 5 heterocycles. The van der Waals surface area contributed by atoms with Crippen LogP contribution < -0.4 is 0 Å². The fraction of sp³-hybridized carbons (Fsp3) is 0.591. The van der Waals surface area contributed by atoms with E-state index >= 15 is 0 Å². The second kappa shape index (κ2) is 7.04. The molecule has 0 saturated carbocycles. The second-order valence-electron chi connectivity index (χ2n) is 8.93. The largest absolute Gasteiger partial charge is 0.454 e. The highest BCUT2D eigenvalue weighted by Crippen LogP contribution is 2.38. The Morgan fingerprint density at radius 3 is 2.90 bits per heavy atom. The van der Waals surface area contributed by atoms with Crippen molar-refractivity contribution in [2.75, 3.05) is 19.6 Å². The van der Waals surface area contributed by atoms with Gasteiger partial charge in [-0.05, 0) is 63.1 Å². The summed E-state index contributed by atoms with van der Waals surface area (Å²) in [5, 5.41) is 4.46. The molecule has 2 unspecified atom stereocenters. The normalized spacial score (nSPS) is 26.6. The third-order valence-electron chi connectivity index (χ3n) is 6.75. The Bertz CT molecular complexity index is 946. The Morgan fingerprint density at radius 1 is 1.24 bits per heavy atom. The summed E-state index contributed by atoms with van der Waals surface area (Å²) in [6, 6.07) is 5.99. The third kappa shape index (κ3) is 3.36. The van der Waals surface area contributed by atoms with Gasteiger partial charge in [0.15, 0.2) is 5.76 Å². The van der Waals surface area contributed by atoms with Crippen molar-refractivity contribution >= 4 is 11.8 Å². The molecule has 3 aliphatic heterocycles. The maximum Gasteiger partial charge on any atom is 0.289 e. The van der Waals surface area contributed by atoms with Gasteiger partial charge in [0.25, 0.3) is 5.91 Å². The summed E-state index contributed by atoms with van der Waals surface area (Å²) in [5.41, 5.74) is 2.04. The number of carbonyl (C=O) groups is 2. The number of amides is 2. The smallest absolute Gasteiger partial charge is 0.289 e. The number of likely N-dealkylation sites (tertiary alicyclic amines) is 1. The molecule has 2 aromatic heterocycles. The standard InChI is InChI=1S/C22H28N4O3/c1-14-8-15(2)26(23-14)13-18-6-7-20(29-18)22(28)24-10-16-9-17(12-24)19-4-3-5-21(27)25(19)11-16/h6-8,16-17,19H,3-5,9-13H2,1-2H3/t16?,17?,19-/m1/s1. The lowest BCUT2D eigenvalue weighted by Crippen LogP contribution is -2.61. The molecular formula is C22H28N4O3. The molecule has 0 aromatic carbocycles. The number of hydrogen-bond donors (Lipinski definition) is 0. The first-order valence-electron chi connectivity index (χ1n) is 10.7. The van der Waals surface area contributed by atoms with Crippen LogP contribution in [0.1, 0.15) is 53.4 Å². The quantitative estimate of drug-likeness (QED) is 0.800. The van der Waals surface area contributed by atoms with Crippen LogP contribution in [0.3, 0.4) is 0 Å². The highest BCUT2D eigenvalue weighted by atomic mass is 16.4. The van der Waals surface area contributed by atoms with Gasteiger partial charge in [-0.25, -0.2) is 0 Å². The number of piperidine rings is 3. The molecule has 3 aliphatic rings. The molecule has 0 aliphatic carbocycles. The van der Waals surface area contributed by atoms with Gasteiger partial charge in [-0.15, -0.1) is 0 Å². The van der Waals surface area contributed by atoms with Crippen LogP contribution in [0.5, 0.6) is 0 Å². The minimum atomic E-state index is -0.0325. The highest BCUT2D eigenvalue weighted by Gasteiger charge is 2.45. The molecule has 2 bridgehead atoms. The summed E-state index contributed by atoms with van der Waals surface area (Å²) in [6.07, 6.45) is 3.85. The fourth-order valence-corrected chi connectivity index (χ4v) is 5.49. The third-order valence-corrected chi connectivity index (χ3v) is 6.75. The van der Waals surface area contributed by atoms with Crippen LogP contribution in [-0.2, 0) is 11.3 Å². The SMILES string of the molecule is Cc1cc(C)n(Cc2ccc(C(=O)N3CC4CC(C3)[C@H]3CCCC(=O)N3C4)o2)n1. The Kier molecular flexibility index (Phi) is 4.48. The number of furan rings is 1. The van der Waals surface area contributed by atoms with Gasteiger partial charge in [-0.3, -0.25) is 14.3 Å². The van der Waals surface area contributed by atoms with Gasteiger partial charge >= 0.3 is 0 Å². The highest BCUT2D eigenvalue weighted by molar-refractivity contribution is 5.91. The van der Waals surface area contributed by atoms with E-state index in [1.165, 1.54) is 0 Å². The maximum absolute atomic E-state index is 13.1. The molecule has 0 radical (unpaired) electrons. The number of hydrogen-bond acceptors (Lipinski definition) is 4. The number of aryl methyl sites for hydroxylation is 2.